The Morgan fingerprint density at radius 1 is 0.440 bits per heavy atom. The topological polar surface area (TPSA) is 25.6 Å². The number of para-hydroxylation sites is 1. The van der Waals surface area contributed by atoms with Gasteiger partial charge in [0.2, 0.25) is 0 Å². The van der Waals surface area contributed by atoms with Crippen LogP contribution in [0.25, 0.3) is 75.1 Å². The van der Waals surface area contributed by atoms with E-state index in [0.717, 1.165) is 72.4 Å². The van der Waals surface area contributed by atoms with Gasteiger partial charge in [0.1, 0.15) is 22.7 Å². The van der Waals surface area contributed by atoms with Crippen molar-refractivity contribution in [3.05, 3.63) is 164 Å². The van der Waals surface area contributed by atoms with Crippen molar-refractivity contribution in [1.82, 2.24) is 0 Å². The second-order valence-electron chi connectivity index (χ2n) is 12.9. The van der Waals surface area contributed by atoms with E-state index in [4.69, 9.17) is 9.15 Å². The molecule has 0 bridgehead atoms. The van der Waals surface area contributed by atoms with Crippen molar-refractivity contribution in [3.8, 4) is 33.8 Å². The molecule has 10 aromatic rings. The summed E-state index contributed by atoms with van der Waals surface area (Å²) in [6, 6.07) is 58.3. The smallest absolute Gasteiger partial charge is 0.136 e. The third-order valence-corrected chi connectivity index (χ3v) is 11.3. The number of hydrogen-bond donors (Lipinski definition) is 0. The molecular weight excluding hydrogens is 631 g/mol. The molecule has 234 valence electrons. The van der Waals surface area contributed by atoms with Crippen LogP contribution in [0.1, 0.15) is 0 Å². The Balaban J connectivity index is 1.17. The molecule has 3 heterocycles. The zero-order chi connectivity index (χ0) is 32.8. The molecular formula is C46H27NO2S. The molecule has 2 aromatic heterocycles. The standard InChI is InChI=1S/C46H27NO2S/c1-2-10-28(11-3-1)29-20-22-32-34-14-8-16-36-38(23-25-42(45(34)36)49-43(32)26-29)47(30-21-24-41-37(27-30)31-12-4-6-18-40(31)48-41)39-17-9-15-35-33-13-5-7-19-44(33)50-46(35)39/h1-27H. The highest BCUT2D eigenvalue weighted by atomic mass is 32.1. The van der Waals surface area contributed by atoms with Crippen molar-refractivity contribution in [2.24, 2.45) is 0 Å². The normalized spacial score (nSPS) is 12.2. The molecule has 11 rings (SSSR count). The lowest BCUT2D eigenvalue weighted by molar-refractivity contribution is 0.487. The summed E-state index contributed by atoms with van der Waals surface area (Å²) in [6.07, 6.45) is 0. The minimum atomic E-state index is 0.869. The van der Waals surface area contributed by atoms with Gasteiger partial charge in [-0.3, -0.25) is 0 Å². The first-order chi connectivity index (χ1) is 24.8. The van der Waals surface area contributed by atoms with Crippen LogP contribution < -0.4 is 9.64 Å². The number of fused-ring (bicyclic) bond motifs is 8. The minimum Gasteiger partial charge on any atom is -0.456 e. The molecule has 4 heteroatoms. The van der Waals surface area contributed by atoms with E-state index in [1.165, 1.54) is 31.3 Å². The first-order valence-electron chi connectivity index (χ1n) is 16.8. The van der Waals surface area contributed by atoms with Crippen LogP contribution in [0, 0.1) is 0 Å². The molecule has 1 aliphatic rings. The van der Waals surface area contributed by atoms with Crippen molar-refractivity contribution in [2.45, 2.75) is 0 Å². The molecule has 0 radical (unpaired) electrons. The lowest BCUT2D eigenvalue weighted by Gasteiger charge is -2.29. The molecule has 0 aliphatic carbocycles. The fraction of sp³-hybridized carbons (Fsp3) is 0. The molecule has 3 nitrogen and oxygen atoms in total. The van der Waals surface area contributed by atoms with Gasteiger partial charge < -0.3 is 14.1 Å². The van der Waals surface area contributed by atoms with Crippen molar-refractivity contribution in [3.63, 3.8) is 0 Å². The van der Waals surface area contributed by atoms with E-state index < -0.39 is 0 Å². The summed E-state index contributed by atoms with van der Waals surface area (Å²) in [5.41, 5.74) is 9.67. The van der Waals surface area contributed by atoms with E-state index >= 15 is 0 Å². The molecule has 0 spiro atoms. The summed E-state index contributed by atoms with van der Waals surface area (Å²) < 4.78 is 15.5. The quantitative estimate of drug-likeness (QED) is 0.188. The highest BCUT2D eigenvalue weighted by molar-refractivity contribution is 7.26. The number of hydrogen-bond acceptors (Lipinski definition) is 4. The van der Waals surface area contributed by atoms with Crippen LogP contribution in [0.4, 0.5) is 17.1 Å². The van der Waals surface area contributed by atoms with E-state index in [1.54, 1.807) is 0 Å². The van der Waals surface area contributed by atoms with Crippen LogP contribution in [0.3, 0.4) is 0 Å². The Bertz CT molecular complexity index is 2970. The van der Waals surface area contributed by atoms with Crippen molar-refractivity contribution in [2.75, 3.05) is 4.90 Å². The maximum absolute atomic E-state index is 6.73. The first kappa shape index (κ1) is 27.6. The van der Waals surface area contributed by atoms with E-state index in [-0.39, 0.29) is 0 Å². The van der Waals surface area contributed by atoms with Gasteiger partial charge in [0.15, 0.2) is 0 Å². The van der Waals surface area contributed by atoms with E-state index in [2.05, 4.69) is 150 Å². The van der Waals surface area contributed by atoms with Gasteiger partial charge in [-0.2, -0.15) is 0 Å². The summed E-state index contributed by atoms with van der Waals surface area (Å²) in [5.74, 6) is 1.75. The molecule has 8 aromatic carbocycles. The number of thiophene rings is 1. The van der Waals surface area contributed by atoms with Crippen LogP contribution >= 0.6 is 11.3 Å². The largest absolute Gasteiger partial charge is 0.456 e. The van der Waals surface area contributed by atoms with E-state index in [9.17, 15) is 0 Å². The van der Waals surface area contributed by atoms with Crippen LogP contribution in [-0.4, -0.2) is 0 Å². The maximum atomic E-state index is 6.73. The van der Waals surface area contributed by atoms with Gasteiger partial charge in [0.05, 0.1) is 16.1 Å². The second-order valence-corrected chi connectivity index (χ2v) is 13.9. The summed E-state index contributed by atoms with van der Waals surface area (Å²) in [4.78, 5) is 2.43. The predicted molar refractivity (Wildman–Crippen MR) is 210 cm³/mol. The van der Waals surface area contributed by atoms with Crippen molar-refractivity contribution in [1.29, 1.82) is 0 Å². The number of furan rings is 1. The van der Waals surface area contributed by atoms with Gasteiger partial charge in [-0.1, -0.05) is 103 Å². The Hall–Kier alpha value is -6.36. The molecule has 0 saturated carbocycles. The third-order valence-electron chi connectivity index (χ3n) is 10.1. The molecule has 0 N–H and O–H groups in total. The first-order valence-corrected chi connectivity index (χ1v) is 17.7. The number of ether oxygens (including phenoxy) is 1. The zero-order valence-electron chi connectivity index (χ0n) is 26.8. The lowest BCUT2D eigenvalue weighted by atomic mass is 9.92. The second kappa shape index (κ2) is 10.6. The monoisotopic (exact) mass is 657 g/mol. The van der Waals surface area contributed by atoms with Crippen LogP contribution in [0.2, 0.25) is 0 Å². The molecule has 0 fully saturated rings. The summed E-state index contributed by atoms with van der Waals surface area (Å²) in [5, 5.41) is 7.00. The Labute approximate surface area is 291 Å². The number of nitrogens with zero attached hydrogens (tertiary/aromatic N) is 1. The van der Waals surface area contributed by atoms with E-state index in [1.807, 2.05) is 29.5 Å². The third kappa shape index (κ3) is 4.03. The van der Waals surface area contributed by atoms with Crippen LogP contribution in [0.15, 0.2) is 168 Å². The summed E-state index contributed by atoms with van der Waals surface area (Å²) in [7, 11) is 0. The predicted octanol–water partition coefficient (Wildman–Crippen LogP) is 14.0. The zero-order valence-corrected chi connectivity index (χ0v) is 27.6. The number of rotatable bonds is 4. The fourth-order valence-corrected chi connectivity index (χ4v) is 9.00. The van der Waals surface area contributed by atoms with Gasteiger partial charge in [-0.05, 0) is 77.4 Å². The molecule has 1 aliphatic heterocycles. The number of benzene rings is 8. The average molecular weight is 658 g/mol. The van der Waals surface area contributed by atoms with Crippen molar-refractivity contribution >= 4 is 81.3 Å². The van der Waals surface area contributed by atoms with E-state index in [0.29, 0.717) is 0 Å². The van der Waals surface area contributed by atoms with Crippen LogP contribution in [0.5, 0.6) is 11.5 Å². The minimum absolute atomic E-state index is 0.869. The van der Waals surface area contributed by atoms with Gasteiger partial charge in [-0.25, -0.2) is 0 Å². The molecule has 0 atom stereocenters. The van der Waals surface area contributed by atoms with Crippen LogP contribution in [-0.2, 0) is 0 Å². The Morgan fingerprint density at radius 2 is 1.22 bits per heavy atom. The van der Waals surface area contributed by atoms with Crippen molar-refractivity contribution < 1.29 is 9.15 Å². The number of anilines is 3. The van der Waals surface area contributed by atoms with Gasteiger partial charge in [0, 0.05) is 48.3 Å². The lowest BCUT2D eigenvalue weighted by Crippen LogP contribution is -2.11. The highest BCUT2D eigenvalue weighted by Gasteiger charge is 2.26. The van der Waals surface area contributed by atoms with Gasteiger partial charge in [0.25, 0.3) is 0 Å². The highest BCUT2D eigenvalue weighted by Crippen LogP contribution is 2.53. The summed E-state index contributed by atoms with van der Waals surface area (Å²) >= 11 is 1.85. The Kier molecular flexibility index (Phi) is 5.83. The molecule has 0 amide bonds. The molecule has 0 unspecified atom stereocenters. The average Bonchev–Trinajstić information content (AvgIpc) is 3.75. The molecule has 50 heavy (non-hydrogen) atoms. The fourth-order valence-electron chi connectivity index (χ4n) is 7.79. The van der Waals surface area contributed by atoms with Gasteiger partial charge >= 0.3 is 0 Å². The maximum Gasteiger partial charge on any atom is 0.136 e. The SMILES string of the molecule is c1ccc(-c2ccc3c(c2)Oc2ccc(N(c4ccc5oc6ccccc6c5c4)c4cccc5c4sc4ccccc45)c4cccc-3c24)cc1. The van der Waals surface area contributed by atoms with Gasteiger partial charge in [-0.15, -0.1) is 11.3 Å². The summed E-state index contributed by atoms with van der Waals surface area (Å²) in [6.45, 7) is 0. The Morgan fingerprint density at radius 3 is 2.16 bits per heavy atom. The molecule has 0 saturated heterocycles.